The molecule has 0 aliphatic carbocycles. The Morgan fingerprint density at radius 3 is 2.27 bits per heavy atom. The van der Waals surface area contributed by atoms with Gasteiger partial charge in [0.15, 0.2) is 6.61 Å². The minimum atomic E-state index is -0.417. The number of fused-ring (bicyclic) bond motifs is 3. The molecule has 4 aromatic rings. The number of rotatable bonds is 6. The van der Waals surface area contributed by atoms with Crippen molar-refractivity contribution in [1.82, 2.24) is 0 Å². The van der Waals surface area contributed by atoms with Crippen molar-refractivity contribution in [3.05, 3.63) is 71.1 Å². The summed E-state index contributed by atoms with van der Waals surface area (Å²) in [6.07, 6.45) is 0. The Bertz CT molecular complexity index is 1270. The van der Waals surface area contributed by atoms with Crippen LogP contribution in [-0.2, 0) is 4.79 Å². The van der Waals surface area contributed by atoms with E-state index < -0.39 is 5.63 Å². The Morgan fingerprint density at radius 2 is 1.57 bits per heavy atom. The van der Waals surface area contributed by atoms with E-state index in [2.05, 4.69) is 5.32 Å². The van der Waals surface area contributed by atoms with Crippen LogP contribution in [0.1, 0.15) is 0 Å². The zero-order valence-electron chi connectivity index (χ0n) is 16.4. The van der Waals surface area contributed by atoms with Crippen LogP contribution in [0, 0.1) is 0 Å². The lowest BCUT2D eigenvalue weighted by molar-refractivity contribution is -0.118. The Labute approximate surface area is 171 Å². The normalized spacial score (nSPS) is 10.7. The van der Waals surface area contributed by atoms with Crippen molar-refractivity contribution >= 4 is 33.3 Å². The molecule has 0 bridgehead atoms. The number of anilines is 1. The summed E-state index contributed by atoms with van der Waals surface area (Å²) in [6, 6.07) is 17.4. The van der Waals surface area contributed by atoms with E-state index in [-0.39, 0.29) is 12.5 Å². The highest BCUT2D eigenvalue weighted by Gasteiger charge is 2.10. The molecule has 0 fully saturated rings. The van der Waals surface area contributed by atoms with Gasteiger partial charge in [-0.1, -0.05) is 18.2 Å². The Kier molecular flexibility index (Phi) is 5.26. The maximum atomic E-state index is 12.3. The van der Waals surface area contributed by atoms with Gasteiger partial charge in [0.25, 0.3) is 5.91 Å². The van der Waals surface area contributed by atoms with E-state index in [4.69, 9.17) is 18.6 Å². The molecule has 4 rings (SSSR count). The highest BCUT2D eigenvalue weighted by atomic mass is 16.5. The molecular weight excluding hydrogens is 386 g/mol. The number of methoxy groups -OCH3 is 2. The van der Waals surface area contributed by atoms with E-state index in [1.54, 1.807) is 48.5 Å². The predicted molar refractivity (Wildman–Crippen MR) is 114 cm³/mol. The van der Waals surface area contributed by atoms with Crippen molar-refractivity contribution in [2.45, 2.75) is 0 Å². The molecule has 3 aromatic carbocycles. The van der Waals surface area contributed by atoms with Crippen molar-refractivity contribution in [2.24, 2.45) is 0 Å². The summed E-state index contributed by atoms with van der Waals surface area (Å²) in [5.74, 6) is 1.18. The first-order valence-electron chi connectivity index (χ1n) is 9.19. The molecule has 0 aliphatic rings. The molecule has 1 amide bonds. The van der Waals surface area contributed by atoms with Gasteiger partial charge in [-0.15, -0.1) is 0 Å². The highest BCUT2D eigenvalue weighted by molar-refractivity contribution is 6.04. The molecule has 0 spiro atoms. The van der Waals surface area contributed by atoms with Gasteiger partial charge in [0, 0.05) is 35.3 Å². The van der Waals surface area contributed by atoms with Crippen LogP contribution < -0.4 is 25.2 Å². The van der Waals surface area contributed by atoms with Gasteiger partial charge in [0.2, 0.25) is 0 Å². The lowest BCUT2D eigenvalue weighted by Gasteiger charge is -2.11. The van der Waals surface area contributed by atoms with Crippen LogP contribution in [0.2, 0.25) is 0 Å². The van der Waals surface area contributed by atoms with Crippen molar-refractivity contribution in [2.75, 3.05) is 26.1 Å². The van der Waals surface area contributed by atoms with Crippen LogP contribution in [0.4, 0.5) is 5.69 Å². The van der Waals surface area contributed by atoms with Crippen molar-refractivity contribution in [3.63, 3.8) is 0 Å². The maximum Gasteiger partial charge on any atom is 0.344 e. The van der Waals surface area contributed by atoms with E-state index in [9.17, 15) is 9.59 Å². The molecule has 0 unspecified atom stereocenters. The average Bonchev–Trinajstić information content (AvgIpc) is 2.77. The zero-order valence-corrected chi connectivity index (χ0v) is 16.4. The van der Waals surface area contributed by atoms with E-state index in [1.165, 1.54) is 14.2 Å². The van der Waals surface area contributed by atoms with Crippen LogP contribution in [0.5, 0.6) is 17.2 Å². The van der Waals surface area contributed by atoms with Gasteiger partial charge in [0.1, 0.15) is 22.8 Å². The van der Waals surface area contributed by atoms with E-state index in [0.29, 0.717) is 33.9 Å². The molecule has 0 radical (unpaired) electrons. The third kappa shape index (κ3) is 3.91. The smallest absolute Gasteiger partial charge is 0.344 e. The number of amides is 1. The fraction of sp³-hybridized carbons (Fsp3) is 0.130. The minimum absolute atomic E-state index is 0.219. The molecule has 7 nitrogen and oxygen atoms in total. The van der Waals surface area contributed by atoms with E-state index in [0.717, 1.165) is 10.8 Å². The maximum absolute atomic E-state index is 12.3. The molecule has 152 valence electrons. The molecule has 1 heterocycles. The van der Waals surface area contributed by atoms with Crippen molar-refractivity contribution in [3.8, 4) is 17.2 Å². The summed E-state index contributed by atoms with van der Waals surface area (Å²) >= 11 is 0. The second-order valence-corrected chi connectivity index (χ2v) is 6.53. The first-order chi connectivity index (χ1) is 14.6. The standard InChI is InChI=1S/C23H19NO6/c1-27-16-9-14(10-17(11-16)28-2)24-22(25)13-29-15-7-8-19-18-5-3-4-6-20(18)23(26)30-21(19)12-15/h3-12H,13H2,1-2H3,(H,24,25). The molecular formula is C23H19NO6. The Morgan fingerprint density at radius 1 is 0.867 bits per heavy atom. The summed E-state index contributed by atoms with van der Waals surface area (Å²) in [7, 11) is 3.07. The predicted octanol–water partition coefficient (Wildman–Crippen LogP) is 3.98. The number of carbonyl (C=O) groups excluding carboxylic acids is 1. The fourth-order valence-corrected chi connectivity index (χ4v) is 3.18. The topological polar surface area (TPSA) is 87.0 Å². The van der Waals surface area contributed by atoms with Gasteiger partial charge in [-0.2, -0.15) is 0 Å². The number of carbonyl (C=O) groups is 1. The molecule has 7 heteroatoms. The molecule has 1 N–H and O–H groups in total. The minimum Gasteiger partial charge on any atom is -0.497 e. The van der Waals surface area contributed by atoms with Crippen LogP contribution in [0.3, 0.4) is 0 Å². The molecule has 0 atom stereocenters. The first kappa shape index (κ1) is 19.3. The number of hydrogen-bond donors (Lipinski definition) is 1. The van der Waals surface area contributed by atoms with Crippen LogP contribution >= 0.6 is 0 Å². The first-order valence-corrected chi connectivity index (χ1v) is 9.19. The third-order valence-corrected chi connectivity index (χ3v) is 4.60. The number of benzene rings is 3. The summed E-state index contributed by atoms with van der Waals surface area (Å²) < 4.78 is 21.4. The van der Waals surface area contributed by atoms with Crippen molar-refractivity contribution in [1.29, 1.82) is 0 Å². The summed E-state index contributed by atoms with van der Waals surface area (Å²) in [6.45, 7) is -0.219. The van der Waals surface area contributed by atoms with Gasteiger partial charge in [-0.25, -0.2) is 4.79 Å². The molecule has 0 saturated carbocycles. The fourth-order valence-electron chi connectivity index (χ4n) is 3.18. The number of hydrogen-bond acceptors (Lipinski definition) is 6. The third-order valence-electron chi connectivity index (χ3n) is 4.60. The van der Waals surface area contributed by atoms with Gasteiger partial charge in [-0.05, 0) is 23.6 Å². The molecule has 0 saturated heterocycles. The van der Waals surface area contributed by atoms with Gasteiger partial charge in [-0.3, -0.25) is 4.79 Å². The van der Waals surface area contributed by atoms with Crippen LogP contribution in [-0.4, -0.2) is 26.7 Å². The summed E-state index contributed by atoms with van der Waals surface area (Å²) in [5, 5.41) is 4.86. The lowest BCUT2D eigenvalue weighted by atomic mass is 10.1. The van der Waals surface area contributed by atoms with E-state index in [1.807, 2.05) is 12.1 Å². The number of ether oxygens (including phenoxy) is 3. The Hall–Kier alpha value is -4.00. The number of nitrogens with one attached hydrogen (secondary N) is 1. The van der Waals surface area contributed by atoms with Gasteiger partial charge >= 0.3 is 5.63 Å². The second-order valence-electron chi connectivity index (χ2n) is 6.53. The largest absolute Gasteiger partial charge is 0.497 e. The van der Waals surface area contributed by atoms with Gasteiger partial charge in [0.05, 0.1) is 19.6 Å². The van der Waals surface area contributed by atoms with Crippen molar-refractivity contribution < 1.29 is 23.4 Å². The van der Waals surface area contributed by atoms with E-state index >= 15 is 0 Å². The summed E-state index contributed by atoms with van der Waals surface area (Å²) in [5.41, 5.74) is 0.505. The second kappa shape index (κ2) is 8.16. The van der Waals surface area contributed by atoms with Gasteiger partial charge < -0.3 is 23.9 Å². The Balaban J connectivity index is 1.50. The molecule has 1 aromatic heterocycles. The monoisotopic (exact) mass is 405 g/mol. The van der Waals surface area contributed by atoms with Crippen LogP contribution in [0.15, 0.2) is 69.9 Å². The molecule has 0 aliphatic heterocycles. The van der Waals surface area contributed by atoms with Crippen LogP contribution in [0.25, 0.3) is 21.7 Å². The SMILES string of the molecule is COc1cc(NC(=O)COc2ccc3c(c2)oc(=O)c2ccccc23)cc(OC)c1. The highest BCUT2D eigenvalue weighted by Crippen LogP contribution is 2.27. The lowest BCUT2D eigenvalue weighted by Crippen LogP contribution is -2.20. The average molecular weight is 405 g/mol. The summed E-state index contributed by atoms with van der Waals surface area (Å²) in [4.78, 5) is 24.5. The zero-order chi connectivity index (χ0) is 21.1. The molecule has 30 heavy (non-hydrogen) atoms. The quantitative estimate of drug-likeness (QED) is 0.386.